The Labute approximate surface area is 128 Å². The fraction of sp³-hybridized carbons (Fsp3) is 0.125. The van der Waals surface area contributed by atoms with Crippen LogP contribution in [0.25, 0.3) is 0 Å². The fourth-order valence-corrected chi connectivity index (χ4v) is 1.68. The normalized spacial score (nSPS) is 10.4. The van der Waals surface area contributed by atoms with Crippen LogP contribution in [-0.4, -0.2) is 30.9 Å². The van der Waals surface area contributed by atoms with Crippen LogP contribution in [-0.2, 0) is 4.79 Å². The smallest absolute Gasteiger partial charge is 0.277 e. The van der Waals surface area contributed by atoms with E-state index in [0.29, 0.717) is 17.1 Å². The summed E-state index contributed by atoms with van der Waals surface area (Å²) in [7, 11) is 1.46. The van der Waals surface area contributed by atoms with Crippen molar-refractivity contribution in [2.24, 2.45) is 5.10 Å². The molecule has 2 rings (SSSR count). The van der Waals surface area contributed by atoms with Crippen molar-refractivity contribution >= 4 is 12.1 Å². The van der Waals surface area contributed by atoms with Crippen LogP contribution in [0.5, 0.6) is 17.2 Å². The first-order valence-electron chi connectivity index (χ1n) is 6.56. The first-order valence-corrected chi connectivity index (χ1v) is 6.56. The van der Waals surface area contributed by atoms with Crippen LogP contribution in [0.15, 0.2) is 53.6 Å². The molecule has 0 aromatic heterocycles. The fourth-order valence-electron chi connectivity index (χ4n) is 1.68. The quantitative estimate of drug-likeness (QED) is 0.631. The lowest BCUT2D eigenvalue weighted by atomic mass is 10.2. The van der Waals surface area contributed by atoms with Crippen molar-refractivity contribution in [3.63, 3.8) is 0 Å². The topological polar surface area (TPSA) is 80.2 Å². The summed E-state index contributed by atoms with van der Waals surface area (Å²) >= 11 is 0. The summed E-state index contributed by atoms with van der Waals surface area (Å²) in [5.74, 6) is 0.501. The number of carbonyl (C=O) groups excluding carboxylic acids is 1. The monoisotopic (exact) mass is 300 g/mol. The second-order valence-corrected chi connectivity index (χ2v) is 4.29. The first-order chi connectivity index (χ1) is 10.7. The zero-order valence-electron chi connectivity index (χ0n) is 12.0. The van der Waals surface area contributed by atoms with E-state index in [1.807, 2.05) is 18.2 Å². The summed E-state index contributed by atoms with van der Waals surface area (Å²) in [6.45, 7) is -0.147. The first kappa shape index (κ1) is 15.4. The van der Waals surface area contributed by atoms with E-state index in [1.165, 1.54) is 13.3 Å². The van der Waals surface area contributed by atoms with Crippen molar-refractivity contribution in [1.82, 2.24) is 5.43 Å². The zero-order valence-corrected chi connectivity index (χ0v) is 12.0. The maximum atomic E-state index is 11.6. The minimum absolute atomic E-state index is 0.0384. The third-order valence-corrected chi connectivity index (χ3v) is 2.76. The van der Waals surface area contributed by atoms with Gasteiger partial charge in [0.2, 0.25) is 0 Å². The number of benzene rings is 2. The largest absolute Gasteiger partial charge is 0.504 e. The molecule has 114 valence electrons. The molecule has 2 aromatic carbocycles. The number of hydrazone groups is 1. The number of phenolic OH excluding ortho intramolecular Hbond substituents is 1. The number of nitrogens with one attached hydrogen (secondary N) is 1. The van der Waals surface area contributed by atoms with Gasteiger partial charge in [0.15, 0.2) is 18.1 Å². The van der Waals surface area contributed by atoms with Crippen molar-refractivity contribution in [3.05, 3.63) is 54.1 Å². The highest BCUT2D eigenvalue weighted by Gasteiger charge is 2.05. The molecule has 0 aliphatic heterocycles. The molecule has 1 amide bonds. The molecule has 0 heterocycles. The van der Waals surface area contributed by atoms with Gasteiger partial charge in [-0.05, 0) is 24.3 Å². The molecule has 0 aliphatic carbocycles. The lowest BCUT2D eigenvalue weighted by Crippen LogP contribution is -2.24. The second-order valence-electron chi connectivity index (χ2n) is 4.29. The van der Waals surface area contributed by atoms with E-state index >= 15 is 0 Å². The molecule has 0 bridgehead atoms. The molecule has 0 fully saturated rings. The Balaban J connectivity index is 1.86. The van der Waals surface area contributed by atoms with E-state index in [0.717, 1.165) is 0 Å². The van der Waals surface area contributed by atoms with Gasteiger partial charge in [-0.2, -0.15) is 5.10 Å². The van der Waals surface area contributed by atoms with Gasteiger partial charge in [0.05, 0.1) is 13.3 Å². The Morgan fingerprint density at radius 3 is 2.73 bits per heavy atom. The third-order valence-electron chi connectivity index (χ3n) is 2.76. The minimum atomic E-state index is -0.400. The molecule has 0 radical (unpaired) electrons. The Hall–Kier alpha value is -3.02. The van der Waals surface area contributed by atoms with E-state index in [4.69, 9.17) is 9.47 Å². The number of ether oxygens (including phenoxy) is 2. The van der Waals surface area contributed by atoms with Crippen molar-refractivity contribution in [3.8, 4) is 17.2 Å². The molecule has 22 heavy (non-hydrogen) atoms. The van der Waals surface area contributed by atoms with Gasteiger partial charge >= 0.3 is 0 Å². The molecule has 6 nitrogen and oxygen atoms in total. The molecule has 0 unspecified atom stereocenters. The van der Waals surface area contributed by atoms with Gasteiger partial charge in [0.1, 0.15) is 5.75 Å². The van der Waals surface area contributed by atoms with E-state index in [2.05, 4.69) is 10.5 Å². The highest BCUT2D eigenvalue weighted by Crippen LogP contribution is 2.27. The van der Waals surface area contributed by atoms with Gasteiger partial charge in [-0.15, -0.1) is 0 Å². The summed E-state index contributed by atoms with van der Waals surface area (Å²) in [6.07, 6.45) is 1.33. The molecule has 2 aromatic rings. The third kappa shape index (κ3) is 4.24. The molecule has 0 aliphatic rings. The van der Waals surface area contributed by atoms with Crippen LogP contribution >= 0.6 is 0 Å². The van der Waals surface area contributed by atoms with Crippen molar-refractivity contribution in [2.75, 3.05) is 13.7 Å². The lowest BCUT2D eigenvalue weighted by Gasteiger charge is -2.05. The van der Waals surface area contributed by atoms with Gasteiger partial charge < -0.3 is 14.6 Å². The summed E-state index contributed by atoms with van der Waals surface area (Å²) in [5.41, 5.74) is 2.75. The van der Waals surface area contributed by atoms with Gasteiger partial charge in [-0.1, -0.05) is 24.3 Å². The van der Waals surface area contributed by atoms with E-state index in [1.54, 1.807) is 30.3 Å². The number of aromatic hydroxyl groups is 1. The number of hydrogen-bond acceptors (Lipinski definition) is 5. The van der Waals surface area contributed by atoms with Crippen LogP contribution in [0.3, 0.4) is 0 Å². The highest BCUT2D eigenvalue weighted by atomic mass is 16.5. The number of phenols is 1. The second kappa shape index (κ2) is 7.68. The lowest BCUT2D eigenvalue weighted by molar-refractivity contribution is -0.123. The summed E-state index contributed by atoms with van der Waals surface area (Å²) in [6, 6.07) is 14.0. The summed E-state index contributed by atoms with van der Waals surface area (Å²) < 4.78 is 10.3. The van der Waals surface area contributed by atoms with Gasteiger partial charge in [-0.3, -0.25) is 4.79 Å². The number of amides is 1. The maximum Gasteiger partial charge on any atom is 0.277 e. The van der Waals surface area contributed by atoms with Crippen LogP contribution in [0.1, 0.15) is 5.56 Å². The standard InChI is InChI=1S/C16H16N2O4/c1-21-14-9-5-6-12(16(14)20)10-17-18-15(19)11-22-13-7-3-2-4-8-13/h2-10,20H,11H2,1H3,(H,18,19)/b17-10-. The van der Waals surface area contributed by atoms with Crippen LogP contribution < -0.4 is 14.9 Å². The Morgan fingerprint density at radius 2 is 2.00 bits per heavy atom. The molecular formula is C16H16N2O4. The van der Waals surface area contributed by atoms with E-state index in [9.17, 15) is 9.90 Å². The van der Waals surface area contributed by atoms with Crippen molar-refractivity contribution < 1.29 is 19.4 Å². The van der Waals surface area contributed by atoms with Crippen molar-refractivity contribution in [2.45, 2.75) is 0 Å². The van der Waals surface area contributed by atoms with Gasteiger partial charge in [0.25, 0.3) is 5.91 Å². The van der Waals surface area contributed by atoms with Gasteiger partial charge in [-0.25, -0.2) is 5.43 Å². The number of para-hydroxylation sites is 2. The zero-order chi connectivity index (χ0) is 15.8. The maximum absolute atomic E-state index is 11.6. The van der Waals surface area contributed by atoms with E-state index < -0.39 is 5.91 Å². The van der Waals surface area contributed by atoms with Crippen LogP contribution in [0.4, 0.5) is 0 Å². The van der Waals surface area contributed by atoms with Gasteiger partial charge in [0, 0.05) is 5.56 Å². The molecule has 2 N–H and O–H groups in total. The number of rotatable bonds is 6. The van der Waals surface area contributed by atoms with Crippen LogP contribution in [0, 0.1) is 0 Å². The molecule has 0 saturated carbocycles. The number of nitrogens with zero attached hydrogens (tertiary/aromatic N) is 1. The minimum Gasteiger partial charge on any atom is -0.504 e. The Morgan fingerprint density at radius 1 is 1.23 bits per heavy atom. The summed E-state index contributed by atoms with van der Waals surface area (Å²) in [4.78, 5) is 11.6. The Kier molecular flexibility index (Phi) is 5.37. The molecule has 6 heteroatoms. The SMILES string of the molecule is COc1cccc(/C=N\NC(=O)COc2ccccc2)c1O. The number of hydrogen-bond donors (Lipinski definition) is 2. The molecule has 0 spiro atoms. The molecule has 0 atom stereocenters. The highest BCUT2D eigenvalue weighted by molar-refractivity contribution is 5.86. The Bertz CT molecular complexity index is 656. The summed E-state index contributed by atoms with van der Waals surface area (Å²) in [5, 5.41) is 13.6. The average molecular weight is 300 g/mol. The average Bonchev–Trinajstić information content (AvgIpc) is 2.55. The number of carbonyl (C=O) groups is 1. The van der Waals surface area contributed by atoms with E-state index in [-0.39, 0.29) is 12.4 Å². The predicted molar refractivity (Wildman–Crippen MR) is 82.3 cm³/mol. The molecular weight excluding hydrogens is 284 g/mol. The number of methoxy groups -OCH3 is 1. The predicted octanol–water partition coefficient (Wildman–Crippen LogP) is 1.93. The van der Waals surface area contributed by atoms with Crippen molar-refractivity contribution in [1.29, 1.82) is 0 Å². The van der Waals surface area contributed by atoms with Crippen LogP contribution in [0.2, 0.25) is 0 Å². The molecule has 0 saturated heterocycles.